The zero-order valence-electron chi connectivity index (χ0n) is 12.1. The number of halogens is 3. The Kier molecular flexibility index (Phi) is 5.54. The molecule has 132 valence electrons. The summed E-state index contributed by atoms with van der Waals surface area (Å²) in [5.74, 6) is -0.471. The topological polar surface area (TPSA) is 105 Å². The third kappa shape index (κ3) is 5.12. The van der Waals surface area contributed by atoms with Gasteiger partial charge in [0, 0.05) is 5.69 Å². The first-order valence-corrected chi connectivity index (χ1v) is 7.31. The van der Waals surface area contributed by atoms with Crippen LogP contribution in [0.3, 0.4) is 0 Å². The second-order valence-electron chi connectivity index (χ2n) is 4.57. The minimum absolute atomic E-state index is 0.0317. The molecule has 1 aromatic heterocycles. The molecular formula is C13H10F3N5O2S2. The molecule has 12 heteroatoms. The zero-order valence-corrected chi connectivity index (χ0v) is 13.8. The summed E-state index contributed by atoms with van der Waals surface area (Å²) in [4.78, 5) is 16.2. The van der Waals surface area contributed by atoms with Crippen LogP contribution in [0.25, 0.3) is 0 Å². The average molecular weight is 389 g/mol. The first kappa shape index (κ1) is 18.6. The van der Waals surface area contributed by atoms with E-state index in [9.17, 15) is 23.1 Å². The number of nitrogens with zero attached hydrogens (tertiary/aromatic N) is 1. The first-order valence-electron chi connectivity index (χ1n) is 6.49. The van der Waals surface area contributed by atoms with E-state index < -0.39 is 23.2 Å². The molecule has 0 amide bonds. The Balaban J connectivity index is 1.99. The third-order valence-electron chi connectivity index (χ3n) is 2.79. The van der Waals surface area contributed by atoms with Crippen molar-refractivity contribution in [3.05, 3.63) is 50.5 Å². The van der Waals surface area contributed by atoms with Crippen LogP contribution in [0.5, 0.6) is 5.88 Å². The van der Waals surface area contributed by atoms with Crippen LogP contribution in [0, 0.1) is 4.77 Å². The maximum atomic E-state index is 12.5. The van der Waals surface area contributed by atoms with E-state index in [4.69, 9.17) is 12.2 Å². The summed E-state index contributed by atoms with van der Waals surface area (Å²) >= 11 is 9.59. The van der Waals surface area contributed by atoms with E-state index in [1.807, 2.05) is 0 Å². The molecule has 0 bridgehead atoms. The van der Waals surface area contributed by atoms with Crippen LogP contribution in [-0.2, 0) is 6.18 Å². The number of aromatic hydroxyl groups is 1. The fraction of sp³-hybridized carbons (Fsp3) is 0.0769. The number of benzene rings is 1. The molecule has 25 heavy (non-hydrogen) atoms. The van der Waals surface area contributed by atoms with E-state index >= 15 is 0 Å². The monoisotopic (exact) mass is 389 g/mol. The maximum Gasteiger partial charge on any atom is 0.416 e. The Morgan fingerprint density at radius 1 is 1.24 bits per heavy atom. The van der Waals surface area contributed by atoms with E-state index in [0.717, 1.165) is 18.3 Å². The van der Waals surface area contributed by atoms with E-state index in [-0.39, 0.29) is 15.4 Å². The number of thiocarbonyl (C=S) groups is 1. The minimum atomic E-state index is -4.42. The van der Waals surface area contributed by atoms with Crippen molar-refractivity contribution in [3.8, 4) is 5.88 Å². The van der Waals surface area contributed by atoms with Crippen molar-refractivity contribution in [3.63, 3.8) is 0 Å². The summed E-state index contributed by atoms with van der Waals surface area (Å²) in [6, 6.07) is 4.21. The van der Waals surface area contributed by atoms with Gasteiger partial charge in [-0.2, -0.15) is 18.3 Å². The Bertz CT molecular complexity index is 919. The largest absolute Gasteiger partial charge is 0.494 e. The molecule has 2 rings (SSSR count). The summed E-state index contributed by atoms with van der Waals surface area (Å²) in [6.45, 7) is 0. The third-order valence-corrected chi connectivity index (χ3v) is 3.19. The lowest BCUT2D eigenvalue weighted by molar-refractivity contribution is -0.137. The van der Waals surface area contributed by atoms with Gasteiger partial charge in [0.25, 0.3) is 5.56 Å². The first-order chi connectivity index (χ1) is 11.7. The Morgan fingerprint density at radius 3 is 2.44 bits per heavy atom. The minimum Gasteiger partial charge on any atom is -0.494 e. The summed E-state index contributed by atoms with van der Waals surface area (Å²) in [5, 5.41) is 15.8. The number of aromatic nitrogens is 2. The van der Waals surface area contributed by atoms with Gasteiger partial charge in [0.05, 0.1) is 11.8 Å². The molecule has 1 aromatic carbocycles. The molecule has 1 heterocycles. The lowest BCUT2D eigenvalue weighted by Gasteiger charge is -2.09. The van der Waals surface area contributed by atoms with Gasteiger partial charge in [-0.25, -0.2) is 0 Å². The van der Waals surface area contributed by atoms with Gasteiger partial charge in [-0.1, -0.05) is 0 Å². The number of hydrogen-bond donors (Lipinski definition) is 5. The zero-order chi connectivity index (χ0) is 18.6. The fourth-order valence-corrected chi connectivity index (χ4v) is 2.02. The molecule has 0 fully saturated rings. The normalized spacial score (nSPS) is 11.5. The molecule has 0 atom stereocenters. The second kappa shape index (κ2) is 7.44. The maximum absolute atomic E-state index is 12.5. The Hall–Kier alpha value is -2.73. The van der Waals surface area contributed by atoms with Crippen LogP contribution in [0.1, 0.15) is 11.1 Å². The predicted octanol–water partition coefficient (Wildman–Crippen LogP) is 2.48. The molecule has 0 aliphatic carbocycles. The van der Waals surface area contributed by atoms with Crippen molar-refractivity contribution in [1.29, 1.82) is 0 Å². The van der Waals surface area contributed by atoms with Crippen molar-refractivity contribution in [1.82, 2.24) is 15.4 Å². The molecular weight excluding hydrogens is 379 g/mol. The number of hydrazone groups is 1. The number of aromatic amines is 2. The van der Waals surface area contributed by atoms with Gasteiger partial charge in [-0.3, -0.25) is 15.2 Å². The van der Waals surface area contributed by atoms with Crippen molar-refractivity contribution in [2.24, 2.45) is 5.10 Å². The highest BCUT2D eigenvalue weighted by Crippen LogP contribution is 2.29. The van der Waals surface area contributed by atoms with Gasteiger partial charge in [0.2, 0.25) is 5.88 Å². The highest BCUT2D eigenvalue weighted by Gasteiger charge is 2.29. The van der Waals surface area contributed by atoms with Crippen LogP contribution >= 0.6 is 24.4 Å². The number of hydrogen-bond acceptors (Lipinski definition) is 5. The van der Waals surface area contributed by atoms with Gasteiger partial charge < -0.3 is 15.4 Å². The number of nitrogens with one attached hydrogen (secondary N) is 4. The molecule has 0 spiro atoms. The average Bonchev–Trinajstić information content (AvgIpc) is 2.49. The Morgan fingerprint density at radius 2 is 1.88 bits per heavy atom. The quantitative estimate of drug-likeness (QED) is 0.314. The van der Waals surface area contributed by atoms with Crippen LogP contribution in [0.15, 0.2) is 34.2 Å². The molecule has 0 unspecified atom stereocenters. The summed E-state index contributed by atoms with van der Waals surface area (Å²) < 4.78 is 37.3. The highest BCUT2D eigenvalue weighted by molar-refractivity contribution is 7.80. The van der Waals surface area contributed by atoms with Crippen molar-refractivity contribution < 1.29 is 18.3 Å². The van der Waals surface area contributed by atoms with Crippen molar-refractivity contribution >= 4 is 41.5 Å². The molecule has 0 saturated heterocycles. The summed E-state index contributed by atoms with van der Waals surface area (Å²) in [5.41, 5.74) is 1.04. The molecule has 0 aliphatic rings. The van der Waals surface area contributed by atoms with E-state index in [2.05, 4.69) is 38.0 Å². The lowest BCUT2D eigenvalue weighted by atomic mass is 10.2. The number of rotatable bonds is 3. The second-order valence-corrected chi connectivity index (χ2v) is 5.39. The van der Waals surface area contributed by atoms with E-state index in [0.29, 0.717) is 5.69 Å². The molecule has 0 saturated carbocycles. The highest BCUT2D eigenvalue weighted by atomic mass is 32.1. The van der Waals surface area contributed by atoms with E-state index in [1.54, 1.807) is 0 Å². The van der Waals surface area contributed by atoms with Gasteiger partial charge >= 0.3 is 6.18 Å². The predicted molar refractivity (Wildman–Crippen MR) is 92.3 cm³/mol. The SMILES string of the molecule is O=c1[nH]c(=S)[nH]c(O)c1/C=N/NC(=S)Nc1ccc(C(F)(F)F)cc1. The smallest absolute Gasteiger partial charge is 0.416 e. The molecule has 2 aromatic rings. The van der Waals surface area contributed by atoms with Crippen molar-refractivity contribution in [2.45, 2.75) is 6.18 Å². The summed E-state index contributed by atoms with van der Waals surface area (Å²) in [7, 11) is 0. The standard InChI is InChI=1S/C13H10F3N5O2S2/c14-13(15,16)6-1-3-7(4-2-6)18-12(25)21-17-5-8-9(22)19-11(24)20-10(8)23/h1-5H,(H2,18,21,25)(H3,19,20,22,23,24)/b17-5+. The lowest BCUT2D eigenvalue weighted by Crippen LogP contribution is -2.24. The molecule has 5 N–H and O–H groups in total. The van der Waals surface area contributed by atoms with Crippen LogP contribution < -0.4 is 16.3 Å². The Labute approximate surface area is 148 Å². The number of anilines is 1. The van der Waals surface area contributed by atoms with Gasteiger partial charge in [0.1, 0.15) is 5.56 Å². The molecule has 7 nitrogen and oxygen atoms in total. The van der Waals surface area contributed by atoms with Gasteiger partial charge in [0.15, 0.2) is 9.88 Å². The fourth-order valence-electron chi connectivity index (χ4n) is 1.66. The van der Waals surface area contributed by atoms with Crippen LogP contribution in [-0.4, -0.2) is 26.4 Å². The number of alkyl halides is 3. The van der Waals surface area contributed by atoms with Crippen LogP contribution in [0.4, 0.5) is 18.9 Å². The molecule has 0 aliphatic heterocycles. The van der Waals surface area contributed by atoms with Gasteiger partial charge in [-0.05, 0) is 48.7 Å². The van der Waals surface area contributed by atoms with Crippen molar-refractivity contribution in [2.75, 3.05) is 5.32 Å². The summed E-state index contributed by atoms with van der Waals surface area (Å²) in [6.07, 6.45) is -3.42. The van der Waals surface area contributed by atoms with Crippen LogP contribution in [0.2, 0.25) is 0 Å². The van der Waals surface area contributed by atoms with E-state index in [1.165, 1.54) is 12.1 Å². The number of H-pyrrole nitrogens is 2. The molecule has 0 radical (unpaired) electrons. The van der Waals surface area contributed by atoms with Gasteiger partial charge in [-0.15, -0.1) is 0 Å².